The molecule has 0 radical (unpaired) electrons. The van der Waals surface area contributed by atoms with Crippen molar-refractivity contribution in [3.63, 3.8) is 0 Å². The monoisotopic (exact) mass is 1080 g/mol. The molecule has 4 aromatic heterocycles. The summed E-state index contributed by atoms with van der Waals surface area (Å²) in [5, 5.41) is 1.56. The van der Waals surface area contributed by atoms with Crippen LogP contribution in [0.5, 0.6) is 0 Å². The Kier molecular flexibility index (Phi) is 12.7. The number of hydrogen-bond acceptors (Lipinski definition) is 9. The first-order valence-corrected chi connectivity index (χ1v) is 26.8. The third-order valence-corrected chi connectivity index (χ3v) is 14.4. The zero-order chi connectivity index (χ0) is 55.9. The zero-order valence-electron chi connectivity index (χ0n) is 43.9. The van der Waals surface area contributed by atoms with E-state index in [4.69, 9.17) is 44.9 Å². The number of nitrogens with zero attached hydrogens (tertiary/aromatic N) is 10. The molecule has 13 heteroatoms. The van der Waals surface area contributed by atoms with Gasteiger partial charge >= 0.3 is 6.18 Å². The van der Waals surface area contributed by atoms with Crippen LogP contribution in [0, 0.1) is 0 Å². The van der Waals surface area contributed by atoms with Gasteiger partial charge in [-0.15, -0.1) is 0 Å². The van der Waals surface area contributed by atoms with E-state index >= 15 is 13.2 Å². The molecule has 0 aliphatic heterocycles. The standard InChI is InChI=1S/C70H43F3N10/c71-70(72,73)57-34-20-19-33-53(57)50-35-38-54(69-81-65(48-29-15-5-16-30-48)76-66(82-69)49-31-17-6-18-32-49)60(43-50)83-58-39-36-51(67-77-61(44-21-7-1-8-22-44)74-62(78-67)45-23-9-2-10-24-45)41-55(58)56-42-52(37-40-59(56)83)68-79-63(46-25-11-3-12-26-46)75-64(80-68)47-27-13-4-14-28-47/h1-43H. The predicted octanol–water partition coefficient (Wildman–Crippen LogP) is 17.0. The van der Waals surface area contributed by atoms with E-state index < -0.39 is 11.7 Å². The molecule has 10 aromatic carbocycles. The lowest BCUT2D eigenvalue weighted by atomic mass is 9.97. The average molecular weight is 1080 g/mol. The van der Waals surface area contributed by atoms with Crippen LogP contribution in [-0.4, -0.2) is 49.4 Å². The quantitative estimate of drug-likeness (QED) is 0.125. The van der Waals surface area contributed by atoms with Crippen LogP contribution in [0.25, 0.3) is 141 Å². The molecule has 10 nitrogen and oxygen atoms in total. The van der Waals surface area contributed by atoms with Gasteiger partial charge in [-0.3, -0.25) is 0 Å². The number of aromatic nitrogens is 10. The summed E-state index contributed by atoms with van der Waals surface area (Å²) in [5.74, 6) is 4.03. The maximum Gasteiger partial charge on any atom is 0.417 e. The summed E-state index contributed by atoms with van der Waals surface area (Å²) in [6, 6.07) is 81.4. The second-order valence-corrected chi connectivity index (χ2v) is 19.7. The minimum Gasteiger partial charge on any atom is -0.308 e. The van der Waals surface area contributed by atoms with Crippen LogP contribution in [0.2, 0.25) is 0 Å². The first-order valence-electron chi connectivity index (χ1n) is 26.8. The molecule has 394 valence electrons. The summed E-state index contributed by atoms with van der Waals surface area (Å²) in [4.78, 5) is 45.7. The lowest BCUT2D eigenvalue weighted by molar-refractivity contribution is -0.137. The largest absolute Gasteiger partial charge is 0.417 e. The fourth-order valence-corrected chi connectivity index (χ4v) is 10.4. The fraction of sp³-hybridized carbons (Fsp3) is 0.0143. The Morgan fingerprint density at radius 3 is 0.867 bits per heavy atom. The lowest BCUT2D eigenvalue weighted by Crippen LogP contribution is -2.07. The van der Waals surface area contributed by atoms with Crippen molar-refractivity contribution >= 4 is 21.8 Å². The van der Waals surface area contributed by atoms with Gasteiger partial charge in [0, 0.05) is 60.8 Å². The van der Waals surface area contributed by atoms with Crippen molar-refractivity contribution in [1.29, 1.82) is 0 Å². The SMILES string of the molecule is FC(F)(F)c1ccccc1-c1ccc(-c2nc(-c3ccccc3)nc(-c3ccccc3)n2)c(-n2c3ccc(-c4nc(-c5ccccc5)nc(-c5ccccc5)n4)cc3c3cc(-c4nc(-c5ccccc5)nc(-c5ccccc5)n4)ccc32)c1. The van der Waals surface area contributed by atoms with E-state index in [9.17, 15) is 0 Å². The summed E-state index contributed by atoms with van der Waals surface area (Å²) in [7, 11) is 0. The van der Waals surface area contributed by atoms with E-state index in [1.807, 2.05) is 206 Å². The van der Waals surface area contributed by atoms with Gasteiger partial charge in [0.15, 0.2) is 52.4 Å². The smallest absolute Gasteiger partial charge is 0.308 e. The van der Waals surface area contributed by atoms with Gasteiger partial charge in [0.2, 0.25) is 0 Å². The van der Waals surface area contributed by atoms with Gasteiger partial charge in [-0.1, -0.05) is 206 Å². The average Bonchev–Trinajstić information content (AvgIpc) is 3.30. The van der Waals surface area contributed by atoms with E-state index in [0.29, 0.717) is 80.4 Å². The number of alkyl halides is 3. The van der Waals surface area contributed by atoms with Gasteiger partial charge in [-0.25, -0.2) is 44.9 Å². The van der Waals surface area contributed by atoms with E-state index in [0.717, 1.165) is 61.3 Å². The van der Waals surface area contributed by atoms with Gasteiger partial charge < -0.3 is 4.57 Å². The Hall–Kier alpha value is -11.2. The lowest BCUT2D eigenvalue weighted by Gasteiger charge is -2.18. The van der Waals surface area contributed by atoms with E-state index in [1.54, 1.807) is 24.3 Å². The molecule has 0 saturated heterocycles. The van der Waals surface area contributed by atoms with Crippen LogP contribution < -0.4 is 0 Å². The molecule has 0 spiro atoms. The molecule has 0 fully saturated rings. The molecule has 0 saturated carbocycles. The normalized spacial score (nSPS) is 11.6. The highest BCUT2D eigenvalue weighted by molar-refractivity contribution is 6.12. The van der Waals surface area contributed by atoms with Crippen molar-refractivity contribution in [3.05, 3.63) is 266 Å². The minimum atomic E-state index is -4.65. The van der Waals surface area contributed by atoms with Crippen LogP contribution in [-0.2, 0) is 6.18 Å². The van der Waals surface area contributed by atoms with Crippen LogP contribution >= 0.6 is 0 Å². The van der Waals surface area contributed by atoms with E-state index in [2.05, 4.69) is 16.7 Å². The molecule has 14 aromatic rings. The number of halogens is 3. The van der Waals surface area contributed by atoms with Crippen molar-refractivity contribution in [3.8, 4) is 119 Å². The van der Waals surface area contributed by atoms with Gasteiger partial charge in [0.25, 0.3) is 0 Å². The molecule has 0 N–H and O–H groups in total. The number of rotatable bonds is 11. The van der Waals surface area contributed by atoms with Gasteiger partial charge in [0.1, 0.15) is 0 Å². The predicted molar refractivity (Wildman–Crippen MR) is 320 cm³/mol. The Labute approximate surface area is 474 Å². The van der Waals surface area contributed by atoms with Crippen molar-refractivity contribution in [1.82, 2.24) is 49.4 Å². The topological polar surface area (TPSA) is 121 Å². The van der Waals surface area contributed by atoms with Crippen LogP contribution in [0.3, 0.4) is 0 Å². The molecule has 83 heavy (non-hydrogen) atoms. The summed E-state index contributed by atoms with van der Waals surface area (Å²) in [6.07, 6.45) is -4.65. The van der Waals surface area contributed by atoms with E-state index in [-0.39, 0.29) is 5.56 Å². The first-order chi connectivity index (χ1) is 40.8. The molecule has 0 aliphatic carbocycles. The highest BCUT2D eigenvalue weighted by Crippen LogP contribution is 2.43. The highest BCUT2D eigenvalue weighted by atomic mass is 19.4. The molecule has 0 bridgehead atoms. The van der Waals surface area contributed by atoms with Crippen LogP contribution in [0.1, 0.15) is 5.56 Å². The van der Waals surface area contributed by atoms with Crippen molar-refractivity contribution in [2.75, 3.05) is 0 Å². The molecule has 4 heterocycles. The zero-order valence-corrected chi connectivity index (χ0v) is 43.9. The maximum absolute atomic E-state index is 15.1. The number of benzene rings is 10. The van der Waals surface area contributed by atoms with Crippen molar-refractivity contribution in [2.24, 2.45) is 0 Å². The van der Waals surface area contributed by atoms with Gasteiger partial charge in [-0.05, 0) is 65.7 Å². The number of hydrogen-bond donors (Lipinski definition) is 0. The summed E-state index contributed by atoms with van der Waals surface area (Å²) < 4.78 is 47.2. The van der Waals surface area contributed by atoms with Crippen LogP contribution in [0.15, 0.2) is 261 Å². The highest BCUT2D eigenvalue weighted by Gasteiger charge is 2.34. The van der Waals surface area contributed by atoms with Crippen molar-refractivity contribution in [2.45, 2.75) is 6.18 Å². The Bertz CT molecular complexity index is 4340. The second kappa shape index (κ2) is 21.1. The molecular weight excluding hydrogens is 1040 g/mol. The Balaban J connectivity index is 1.06. The molecular formula is C70H43F3N10. The maximum atomic E-state index is 15.1. The molecule has 0 unspecified atom stereocenters. The second-order valence-electron chi connectivity index (χ2n) is 19.7. The molecule has 0 aliphatic rings. The molecule has 0 amide bonds. The summed E-state index contributed by atoms with van der Waals surface area (Å²) >= 11 is 0. The number of fused-ring (bicyclic) bond motifs is 3. The molecule has 0 atom stereocenters. The van der Waals surface area contributed by atoms with Crippen LogP contribution in [0.4, 0.5) is 13.2 Å². The van der Waals surface area contributed by atoms with E-state index in [1.165, 1.54) is 12.1 Å². The Morgan fingerprint density at radius 2 is 0.530 bits per heavy atom. The summed E-state index contributed by atoms with van der Waals surface area (Å²) in [6.45, 7) is 0. The van der Waals surface area contributed by atoms with Gasteiger partial charge in [0.05, 0.1) is 22.3 Å². The van der Waals surface area contributed by atoms with Crippen molar-refractivity contribution < 1.29 is 13.2 Å². The minimum absolute atomic E-state index is 0.0142. The first kappa shape index (κ1) is 50.1. The third kappa shape index (κ3) is 9.82. The van der Waals surface area contributed by atoms with Gasteiger partial charge in [-0.2, -0.15) is 13.2 Å². The third-order valence-electron chi connectivity index (χ3n) is 14.4. The fourth-order valence-electron chi connectivity index (χ4n) is 10.4. The summed E-state index contributed by atoms with van der Waals surface area (Å²) in [5.41, 5.74) is 8.27. The molecule has 14 rings (SSSR count). The Morgan fingerprint density at radius 1 is 0.241 bits per heavy atom.